The molecule has 22 heavy (non-hydrogen) atoms. The summed E-state index contributed by atoms with van der Waals surface area (Å²) < 4.78 is 1.50. The molecule has 0 unspecified atom stereocenters. The van der Waals surface area contributed by atoms with Crippen molar-refractivity contribution in [2.75, 3.05) is 10.6 Å². The van der Waals surface area contributed by atoms with Gasteiger partial charge in [-0.15, -0.1) is 0 Å². The second-order valence-electron chi connectivity index (χ2n) is 5.27. The van der Waals surface area contributed by atoms with Gasteiger partial charge in [0.1, 0.15) is 6.04 Å². The summed E-state index contributed by atoms with van der Waals surface area (Å²) in [6.45, 7) is 3.91. The van der Waals surface area contributed by atoms with Crippen LogP contribution in [0.3, 0.4) is 0 Å². The molecular weight excluding hydrogens is 282 g/mol. The Morgan fingerprint density at radius 1 is 1.36 bits per heavy atom. The van der Waals surface area contributed by atoms with Crippen molar-refractivity contribution < 1.29 is 9.59 Å². The average Bonchev–Trinajstić information content (AvgIpc) is 3.00. The summed E-state index contributed by atoms with van der Waals surface area (Å²) in [5, 5.41) is 9.69. The summed E-state index contributed by atoms with van der Waals surface area (Å²) in [5.74, 6) is 0.580. The number of anilines is 2. The molecule has 1 aromatic heterocycles. The van der Waals surface area contributed by atoms with Crippen LogP contribution in [-0.2, 0) is 16.0 Å². The van der Waals surface area contributed by atoms with Crippen molar-refractivity contribution in [2.24, 2.45) is 0 Å². The number of fused-ring (bicyclic) bond motifs is 1. The molecule has 0 aliphatic carbocycles. The molecule has 0 radical (unpaired) electrons. The van der Waals surface area contributed by atoms with Gasteiger partial charge in [0.2, 0.25) is 11.9 Å². The molecule has 2 N–H and O–H groups in total. The van der Waals surface area contributed by atoms with Gasteiger partial charge in [-0.1, -0.05) is 24.6 Å². The smallest absolute Gasteiger partial charge is 0.252 e. The van der Waals surface area contributed by atoms with Crippen LogP contribution in [0.25, 0.3) is 0 Å². The molecule has 1 aliphatic rings. The van der Waals surface area contributed by atoms with E-state index in [-0.39, 0.29) is 18.2 Å². The first-order valence-electron chi connectivity index (χ1n) is 7.19. The number of aromatic nitrogens is 3. The van der Waals surface area contributed by atoms with Crippen molar-refractivity contribution >= 4 is 23.5 Å². The van der Waals surface area contributed by atoms with Crippen molar-refractivity contribution in [2.45, 2.75) is 32.7 Å². The predicted octanol–water partition coefficient (Wildman–Crippen LogP) is 1.67. The fourth-order valence-electron chi connectivity index (χ4n) is 2.33. The maximum Gasteiger partial charge on any atom is 0.252 e. The van der Waals surface area contributed by atoms with Crippen LogP contribution in [0.2, 0.25) is 0 Å². The molecule has 7 heteroatoms. The van der Waals surface area contributed by atoms with E-state index in [2.05, 4.69) is 20.7 Å². The number of carbonyl (C=O) groups excluding carboxylic acids is 2. The molecule has 0 fully saturated rings. The Labute approximate surface area is 127 Å². The first-order chi connectivity index (χ1) is 10.6. The van der Waals surface area contributed by atoms with Crippen LogP contribution in [-0.4, -0.2) is 26.6 Å². The number of hydrogen-bond donors (Lipinski definition) is 2. The maximum absolute atomic E-state index is 12.1. The van der Waals surface area contributed by atoms with Gasteiger partial charge >= 0.3 is 0 Å². The number of nitrogens with one attached hydrogen (secondary N) is 2. The molecule has 114 valence electrons. The van der Waals surface area contributed by atoms with Crippen LogP contribution in [0.5, 0.6) is 0 Å². The third kappa shape index (κ3) is 2.69. The van der Waals surface area contributed by atoms with Gasteiger partial charge in [-0.05, 0) is 19.1 Å². The van der Waals surface area contributed by atoms with Crippen LogP contribution in [0.15, 0.2) is 24.3 Å². The van der Waals surface area contributed by atoms with Crippen molar-refractivity contribution in [3.05, 3.63) is 35.7 Å². The SMILES string of the molecule is CCc1nc2n(n1)[C@@H](CC(=O)Nc1ccc(C)cc1)C(=O)N2. The van der Waals surface area contributed by atoms with Crippen molar-refractivity contribution in [1.82, 2.24) is 14.8 Å². The minimum Gasteiger partial charge on any atom is -0.326 e. The Hall–Kier alpha value is -2.70. The molecule has 0 spiro atoms. The fourth-order valence-corrected chi connectivity index (χ4v) is 2.33. The molecule has 0 saturated heterocycles. The Kier molecular flexibility index (Phi) is 3.62. The van der Waals surface area contributed by atoms with Crippen LogP contribution in [0.1, 0.15) is 30.8 Å². The lowest BCUT2D eigenvalue weighted by Gasteiger charge is -2.10. The Morgan fingerprint density at radius 3 is 2.77 bits per heavy atom. The van der Waals surface area contributed by atoms with E-state index in [1.54, 1.807) is 0 Å². The highest BCUT2D eigenvalue weighted by Crippen LogP contribution is 2.25. The number of hydrogen-bond acceptors (Lipinski definition) is 4. The minimum atomic E-state index is -0.645. The van der Waals surface area contributed by atoms with E-state index < -0.39 is 6.04 Å². The van der Waals surface area contributed by atoms with E-state index in [0.29, 0.717) is 23.9 Å². The summed E-state index contributed by atoms with van der Waals surface area (Å²) >= 11 is 0. The first kappa shape index (κ1) is 14.2. The number of benzene rings is 1. The number of nitrogens with zero attached hydrogens (tertiary/aromatic N) is 3. The lowest BCUT2D eigenvalue weighted by Crippen LogP contribution is -2.24. The standard InChI is InChI=1S/C15H17N5O2/c1-3-12-17-15-18-14(22)11(20(15)19-12)8-13(21)16-10-6-4-9(2)5-7-10/h4-7,11H,3,8H2,1-2H3,(H,16,21)(H,17,18,19,22)/t11-/m0/s1. The lowest BCUT2D eigenvalue weighted by molar-refractivity contribution is -0.123. The molecule has 0 saturated carbocycles. The Bertz CT molecular complexity index is 720. The summed E-state index contributed by atoms with van der Waals surface area (Å²) in [7, 11) is 0. The molecule has 2 aromatic rings. The van der Waals surface area contributed by atoms with E-state index in [4.69, 9.17) is 0 Å². The summed E-state index contributed by atoms with van der Waals surface area (Å²) in [6.07, 6.45) is 0.706. The molecule has 1 aromatic carbocycles. The highest BCUT2D eigenvalue weighted by atomic mass is 16.2. The normalized spacial score (nSPS) is 16.3. The minimum absolute atomic E-state index is 0.0270. The topological polar surface area (TPSA) is 88.9 Å². The number of amides is 2. The van der Waals surface area contributed by atoms with E-state index in [1.165, 1.54) is 4.68 Å². The third-order valence-electron chi connectivity index (χ3n) is 3.54. The van der Waals surface area contributed by atoms with Gasteiger partial charge in [0, 0.05) is 12.1 Å². The number of carbonyl (C=O) groups is 2. The third-order valence-corrected chi connectivity index (χ3v) is 3.54. The zero-order valence-corrected chi connectivity index (χ0v) is 12.5. The zero-order chi connectivity index (χ0) is 15.7. The highest BCUT2D eigenvalue weighted by molar-refractivity contribution is 6.00. The van der Waals surface area contributed by atoms with Gasteiger partial charge in [-0.2, -0.15) is 10.1 Å². The molecule has 2 heterocycles. The Morgan fingerprint density at radius 2 is 2.09 bits per heavy atom. The number of aryl methyl sites for hydroxylation is 2. The summed E-state index contributed by atoms with van der Waals surface area (Å²) in [5.41, 5.74) is 1.83. The quantitative estimate of drug-likeness (QED) is 0.898. The molecule has 7 nitrogen and oxygen atoms in total. The van der Waals surface area contributed by atoms with Crippen LogP contribution in [0.4, 0.5) is 11.6 Å². The summed E-state index contributed by atoms with van der Waals surface area (Å²) in [4.78, 5) is 28.3. The van der Waals surface area contributed by atoms with Gasteiger partial charge in [-0.3, -0.25) is 14.9 Å². The van der Waals surface area contributed by atoms with Gasteiger partial charge in [0.25, 0.3) is 5.91 Å². The maximum atomic E-state index is 12.1. The van der Waals surface area contributed by atoms with Crippen molar-refractivity contribution in [3.63, 3.8) is 0 Å². The van der Waals surface area contributed by atoms with E-state index in [9.17, 15) is 9.59 Å². The Balaban J connectivity index is 1.70. The number of rotatable bonds is 4. The molecule has 0 bridgehead atoms. The average molecular weight is 299 g/mol. The van der Waals surface area contributed by atoms with Gasteiger partial charge in [-0.25, -0.2) is 4.68 Å². The molecule has 3 rings (SSSR count). The molecule has 1 aliphatic heterocycles. The molecular formula is C15H17N5O2. The van der Waals surface area contributed by atoms with Crippen LogP contribution >= 0.6 is 0 Å². The van der Waals surface area contributed by atoms with Gasteiger partial charge in [0.15, 0.2) is 5.82 Å². The van der Waals surface area contributed by atoms with Crippen LogP contribution in [0, 0.1) is 6.92 Å². The second-order valence-corrected chi connectivity index (χ2v) is 5.27. The van der Waals surface area contributed by atoms with Crippen LogP contribution < -0.4 is 10.6 Å². The largest absolute Gasteiger partial charge is 0.326 e. The predicted molar refractivity (Wildman–Crippen MR) is 81.5 cm³/mol. The van der Waals surface area contributed by atoms with E-state index in [1.807, 2.05) is 38.1 Å². The fraction of sp³-hybridized carbons (Fsp3) is 0.333. The van der Waals surface area contributed by atoms with E-state index >= 15 is 0 Å². The zero-order valence-electron chi connectivity index (χ0n) is 12.5. The van der Waals surface area contributed by atoms with Crippen molar-refractivity contribution in [3.8, 4) is 0 Å². The van der Waals surface area contributed by atoms with Crippen molar-refractivity contribution in [1.29, 1.82) is 0 Å². The van der Waals surface area contributed by atoms with Gasteiger partial charge < -0.3 is 5.32 Å². The monoisotopic (exact) mass is 299 g/mol. The van der Waals surface area contributed by atoms with E-state index in [0.717, 1.165) is 5.56 Å². The van der Waals surface area contributed by atoms with Gasteiger partial charge in [0.05, 0.1) is 6.42 Å². The summed E-state index contributed by atoms with van der Waals surface area (Å²) in [6, 6.07) is 6.85. The lowest BCUT2D eigenvalue weighted by atomic mass is 10.2. The second kappa shape index (κ2) is 5.59. The molecule has 2 amide bonds. The highest BCUT2D eigenvalue weighted by Gasteiger charge is 2.34. The first-order valence-corrected chi connectivity index (χ1v) is 7.19. The molecule has 1 atom stereocenters.